The van der Waals surface area contributed by atoms with Crippen molar-refractivity contribution in [3.63, 3.8) is 0 Å². The molecule has 2 aromatic heterocycles. The van der Waals surface area contributed by atoms with Crippen molar-refractivity contribution < 1.29 is 0 Å². The Bertz CT molecular complexity index is 516. The average Bonchev–Trinajstić information content (AvgIpc) is 2.15. The van der Waals surface area contributed by atoms with Crippen LogP contribution in [-0.2, 0) is 7.05 Å². The van der Waals surface area contributed by atoms with Gasteiger partial charge in [0.05, 0.1) is 17.1 Å². The van der Waals surface area contributed by atoms with Crippen molar-refractivity contribution in [2.75, 3.05) is 0 Å². The van der Waals surface area contributed by atoms with Crippen LogP contribution in [0.4, 0.5) is 0 Å². The first-order chi connectivity index (χ1) is 6.20. The highest BCUT2D eigenvalue weighted by atomic mass is 16.1. The molecule has 0 aliphatic heterocycles. The van der Waals surface area contributed by atoms with Gasteiger partial charge in [-0.05, 0) is 13.0 Å². The van der Waals surface area contributed by atoms with Gasteiger partial charge in [-0.3, -0.25) is 14.3 Å². The lowest BCUT2D eigenvalue weighted by Gasteiger charge is -2.03. The summed E-state index contributed by atoms with van der Waals surface area (Å²) in [6, 6.07) is 1.68. The molecule has 0 unspecified atom stereocenters. The fraction of sp³-hybridized carbons (Fsp3) is 0.222. The molecule has 4 heteroatoms. The van der Waals surface area contributed by atoms with Crippen LogP contribution in [0.15, 0.2) is 23.3 Å². The number of rotatable bonds is 0. The first-order valence-electron chi connectivity index (χ1n) is 3.97. The molecule has 13 heavy (non-hydrogen) atoms. The van der Waals surface area contributed by atoms with E-state index in [9.17, 15) is 4.79 Å². The highest BCUT2D eigenvalue weighted by Gasteiger charge is 2.03. The van der Waals surface area contributed by atoms with Gasteiger partial charge in [-0.2, -0.15) is 0 Å². The predicted octanol–water partition coefficient (Wildman–Crippen LogP) is 0.637. The highest BCUT2D eigenvalue weighted by Crippen LogP contribution is 2.03. The molecule has 0 amide bonds. The van der Waals surface area contributed by atoms with Gasteiger partial charge in [-0.25, -0.2) is 4.98 Å². The Morgan fingerprint density at radius 3 is 3.00 bits per heavy atom. The largest absolute Gasteiger partial charge is 0.299 e. The van der Waals surface area contributed by atoms with Gasteiger partial charge in [0.2, 0.25) is 0 Å². The lowest BCUT2D eigenvalue weighted by molar-refractivity contribution is 0.792. The molecule has 0 saturated carbocycles. The molecule has 0 bridgehead atoms. The van der Waals surface area contributed by atoms with E-state index in [1.807, 2.05) is 0 Å². The Kier molecular flexibility index (Phi) is 1.62. The van der Waals surface area contributed by atoms with Gasteiger partial charge in [0.1, 0.15) is 5.82 Å². The summed E-state index contributed by atoms with van der Waals surface area (Å²) in [4.78, 5) is 19.8. The Morgan fingerprint density at radius 2 is 2.23 bits per heavy atom. The normalized spacial score (nSPS) is 10.6. The van der Waals surface area contributed by atoms with Gasteiger partial charge in [0.15, 0.2) is 0 Å². The second-order valence-corrected chi connectivity index (χ2v) is 2.92. The van der Waals surface area contributed by atoms with Crippen LogP contribution in [0, 0.1) is 6.92 Å². The average molecular weight is 175 g/mol. The standard InChI is InChI=1S/C9H9N3O/c1-6-11-8-5-10-4-3-7(8)9(13)12(6)2/h3-5H,1-2H3. The molecule has 0 saturated heterocycles. The smallest absolute Gasteiger partial charge is 0.261 e. The Morgan fingerprint density at radius 1 is 1.46 bits per heavy atom. The van der Waals surface area contributed by atoms with E-state index in [2.05, 4.69) is 9.97 Å². The van der Waals surface area contributed by atoms with Gasteiger partial charge in [0, 0.05) is 13.2 Å². The number of aryl methyl sites for hydroxylation is 1. The summed E-state index contributed by atoms with van der Waals surface area (Å²) in [5.74, 6) is 0.700. The van der Waals surface area contributed by atoms with Gasteiger partial charge >= 0.3 is 0 Å². The van der Waals surface area contributed by atoms with Gasteiger partial charge < -0.3 is 0 Å². The van der Waals surface area contributed by atoms with E-state index in [0.717, 1.165) is 0 Å². The van der Waals surface area contributed by atoms with Gasteiger partial charge in [-0.1, -0.05) is 0 Å². The van der Waals surface area contributed by atoms with E-state index in [0.29, 0.717) is 16.7 Å². The first kappa shape index (κ1) is 7.91. The van der Waals surface area contributed by atoms with E-state index in [1.54, 1.807) is 32.4 Å². The van der Waals surface area contributed by atoms with Crippen LogP contribution in [-0.4, -0.2) is 14.5 Å². The molecule has 4 nitrogen and oxygen atoms in total. The van der Waals surface area contributed by atoms with Crippen LogP contribution < -0.4 is 5.56 Å². The summed E-state index contributed by atoms with van der Waals surface area (Å²) >= 11 is 0. The summed E-state index contributed by atoms with van der Waals surface area (Å²) in [6.45, 7) is 1.80. The predicted molar refractivity (Wildman–Crippen MR) is 49.5 cm³/mol. The molecular formula is C9H9N3O. The third kappa shape index (κ3) is 1.11. The maximum Gasteiger partial charge on any atom is 0.261 e. The topological polar surface area (TPSA) is 47.8 Å². The monoisotopic (exact) mass is 175 g/mol. The van der Waals surface area contributed by atoms with Crippen molar-refractivity contribution >= 4 is 10.9 Å². The lowest BCUT2D eigenvalue weighted by Crippen LogP contribution is -2.20. The minimum Gasteiger partial charge on any atom is -0.299 e. The molecule has 0 aliphatic rings. The molecule has 2 rings (SSSR count). The maximum atomic E-state index is 11.6. The Hall–Kier alpha value is -1.71. The molecule has 0 radical (unpaired) electrons. The fourth-order valence-electron chi connectivity index (χ4n) is 1.23. The number of hydrogen-bond acceptors (Lipinski definition) is 3. The zero-order chi connectivity index (χ0) is 9.42. The number of hydrogen-bond donors (Lipinski definition) is 0. The Labute approximate surface area is 74.9 Å². The minimum absolute atomic E-state index is 0.0232. The summed E-state index contributed by atoms with van der Waals surface area (Å²) in [7, 11) is 1.71. The van der Waals surface area contributed by atoms with E-state index >= 15 is 0 Å². The maximum absolute atomic E-state index is 11.6. The lowest BCUT2D eigenvalue weighted by atomic mass is 10.3. The SMILES string of the molecule is Cc1nc2cnccc2c(=O)n1C. The summed E-state index contributed by atoms with van der Waals surface area (Å²) in [6.07, 6.45) is 3.20. The van der Waals surface area contributed by atoms with Crippen LogP contribution in [0.2, 0.25) is 0 Å². The van der Waals surface area contributed by atoms with Crippen LogP contribution in [0.3, 0.4) is 0 Å². The van der Waals surface area contributed by atoms with E-state index in [-0.39, 0.29) is 5.56 Å². The van der Waals surface area contributed by atoms with Crippen molar-refractivity contribution in [2.45, 2.75) is 6.92 Å². The van der Waals surface area contributed by atoms with E-state index in [1.165, 1.54) is 4.57 Å². The molecule has 0 N–H and O–H groups in total. The molecule has 2 heterocycles. The second kappa shape index (κ2) is 2.65. The van der Waals surface area contributed by atoms with E-state index in [4.69, 9.17) is 0 Å². The summed E-state index contributed by atoms with van der Waals surface area (Å²) < 4.78 is 1.53. The second-order valence-electron chi connectivity index (χ2n) is 2.92. The third-order valence-electron chi connectivity index (χ3n) is 2.10. The molecule has 0 aromatic carbocycles. The summed E-state index contributed by atoms with van der Waals surface area (Å²) in [5.41, 5.74) is 0.632. The van der Waals surface area contributed by atoms with Crippen LogP contribution in [0.1, 0.15) is 5.82 Å². The molecular weight excluding hydrogens is 166 g/mol. The van der Waals surface area contributed by atoms with Gasteiger partial charge in [-0.15, -0.1) is 0 Å². The molecule has 2 aromatic rings. The number of nitrogens with zero attached hydrogens (tertiary/aromatic N) is 3. The van der Waals surface area contributed by atoms with Crippen molar-refractivity contribution in [3.8, 4) is 0 Å². The number of fused-ring (bicyclic) bond motifs is 1. The zero-order valence-corrected chi connectivity index (χ0v) is 7.48. The molecule has 0 spiro atoms. The quantitative estimate of drug-likeness (QED) is 0.590. The van der Waals surface area contributed by atoms with Crippen LogP contribution in [0.5, 0.6) is 0 Å². The molecule has 0 atom stereocenters. The number of pyridine rings is 1. The molecule has 0 fully saturated rings. The van der Waals surface area contributed by atoms with Crippen molar-refractivity contribution in [2.24, 2.45) is 7.05 Å². The summed E-state index contributed by atoms with van der Waals surface area (Å²) in [5, 5.41) is 0.614. The third-order valence-corrected chi connectivity index (χ3v) is 2.10. The minimum atomic E-state index is -0.0232. The van der Waals surface area contributed by atoms with Crippen molar-refractivity contribution in [3.05, 3.63) is 34.6 Å². The molecule has 0 aliphatic carbocycles. The van der Waals surface area contributed by atoms with Crippen molar-refractivity contribution in [1.29, 1.82) is 0 Å². The van der Waals surface area contributed by atoms with E-state index < -0.39 is 0 Å². The molecule has 66 valence electrons. The Balaban J connectivity index is 3.03. The highest BCUT2D eigenvalue weighted by molar-refractivity contribution is 5.76. The number of aromatic nitrogens is 3. The first-order valence-corrected chi connectivity index (χ1v) is 3.97. The zero-order valence-electron chi connectivity index (χ0n) is 7.48. The van der Waals surface area contributed by atoms with Crippen LogP contribution in [0.25, 0.3) is 10.9 Å². The van der Waals surface area contributed by atoms with Crippen LogP contribution >= 0.6 is 0 Å². The van der Waals surface area contributed by atoms with Crippen molar-refractivity contribution in [1.82, 2.24) is 14.5 Å². The van der Waals surface area contributed by atoms with Gasteiger partial charge in [0.25, 0.3) is 5.56 Å². The fourth-order valence-corrected chi connectivity index (χ4v) is 1.23.